The molecule has 0 aromatic carbocycles. The molecule has 18 heavy (non-hydrogen) atoms. The van der Waals surface area contributed by atoms with Gasteiger partial charge in [-0.15, -0.1) is 0 Å². The molecule has 1 saturated heterocycles. The summed E-state index contributed by atoms with van der Waals surface area (Å²) in [5.41, 5.74) is 1.33. The number of nitrogens with one attached hydrogen (secondary N) is 1. The van der Waals surface area contributed by atoms with Crippen LogP contribution in [0.15, 0.2) is 12.4 Å². The van der Waals surface area contributed by atoms with Crippen molar-refractivity contribution in [3.8, 4) is 0 Å². The molecule has 0 amide bonds. The molecule has 1 N–H and O–H groups in total. The van der Waals surface area contributed by atoms with E-state index < -0.39 is 0 Å². The standard InChI is InChI=1S/C14H26N4/c1-3-18-9-4-5-14(7-10-18)15-8-6-13-11-16-17(2)12-13/h11-12,14-15H,3-10H2,1-2H3. The van der Waals surface area contributed by atoms with E-state index in [2.05, 4.69) is 28.4 Å². The number of rotatable bonds is 5. The predicted octanol–water partition coefficient (Wildman–Crippen LogP) is 1.43. The Balaban J connectivity index is 1.67. The lowest BCUT2D eigenvalue weighted by atomic mass is 10.1. The third-order valence-electron chi connectivity index (χ3n) is 3.87. The molecule has 0 saturated carbocycles. The average Bonchev–Trinajstić information content (AvgIpc) is 2.65. The number of hydrogen-bond acceptors (Lipinski definition) is 3. The molecule has 2 heterocycles. The molecule has 1 aromatic heterocycles. The lowest BCUT2D eigenvalue weighted by Gasteiger charge is -2.18. The molecule has 1 unspecified atom stereocenters. The van der Waals surface area contributed by atoms with Crippen LogP contribution < -0.4 is 5.32 Å². The quantitative estimate of drug-likeness (QED) is 0.858. The van der Waals surface area contributed by atoms with Crippen LogP contribution >= 0.6 is 0 Å². The average molecular weight is 250 g/mol. The van der Waals surface area contributed by atoms with Crippen molar-refractivity contribution in [2.75, 3.05) is 26.2 Å². The number of hydrogen-bond donors (Lipinski definition) is 1. The predicted molar refractivity (Wildman–Crippen MR) is 74.7 cm³/mol. The van der Waals surface area contributed by atoms with Crippen LogP contribution in [0.2, 0.25) is 0 Å². The highest BCUT2D eigenvalue weighted by atomic mass is 15.2. The van der Waals surface area contributed by atoms with Crippen LogP contribution in [-0.4, -0.2) is 46.9 Å². The Labute approximate surface area is 110 Å². The highest BCUT2D eigenvalue weighted by Gasteiger charge is 2.15. The molecule has 102 valence electrons. The lowest BCUT2D eigenvalue weighted by Crippen LogP contribution is -2.32. The van der Waals surface area contributed by atoms with E-state index >= 15 is 0 Å². The van der Waals surface area contributed by atoms with Crippen molar-refractivity contribution in [2.45, 2.75) is 38.6 Å². The van der Waals surface area contributed by atoms with E-state index in [1.165, 1.54) is 44.5 Å². The van der Waals surface area contributed by atoms with Crippen molar-refractivity contribution in [1.29, 1.82) is 0 Å². The fourth-order valence-corrected chi connectivity index (χ4v) is 2.70. The van der Waals surface area contributed by atoms with Gasteiger partial charge in [0.1, 0.15) is 0 Å². The molecule has 1 aromatic rings. The largest absolute Gasteiger partial charge is 0.314 e. The summed E-state index contributed by atoms with van der Waals surface area (Å²) in [6.07, 6.45) is 9.10. The molecule has 2 rings (SSSR count). The zero-order valence-electron chi connectivity index (χ0n) is 11.7. The van der Waals surface area contributed by atoms with Gasteiger partial charge in [-0.1, -0.05) is 6.92 Å². The summed E-state index contributed by atoms with van der Waals surface area (Å²) in [6, 6.07) is 0.707. The van der Waals surface area contributed by atoms with Crippen molar-refractivity contribution in [2.24, 2.45) is 7.05 Å². The summed E-state index contributed by atoms with van der Waals surface area (Å²) in [6.45, 7) is 7.05. The smallest absolute Gasteiger partial charge is 0.0522 e. The zero-order chi connectivity index (χ0) is 12.8. The van der Waals surface area contributed by atoms with Crippen molar-refractivity contribution >= 4 is 0 Å². The van der Waals surface area contributed by atoms with Gasteiger partial charge in [-0.25, -0.2) is 0 Å². The zero-order valence-corrected chi connectivity index (χ0v) is 11.7. The Morgan fingerprint density at radius 1 is 1.39 bits per heavy atom. The summed E-state index contributed by atoms with van der Waals surface area (Å²) in [7, 11) is 1.97. The summed E-state index contributed by atoms with van der Waals surface area (Å²) < 4.78 is 1.88. The van der Waals surface area contributed by atoms with Gasteiger partial charge in [-0.05, 0) is 57.4 Å². The molecule has 1 aliphatic heterocycles. The number of likely N-dealkylation sites (tertiary alicyclic amines) is 1. The number of nitrogens with zero attached hydrogens (tertiary/aromatic N) is 3. The van der Waals surface area contributed by atoms with Crippen molar-refractivity contribution in [1.82, 2.24) is 20.0 Å². The minimum atomic E-state index is 0.707. The Morgan fingerprint density at radius 2 is 2.28 bits per heavy atom. The second-order valence-electron chi connectivity index (χ2n) is 5.29. The topological polar surface area (TPSA) is 33.1 Å². The number of aromatic nitrogens is 2. The van der Waals surface area contributed by atoms with Gasteiger partial charge >= 0.3 is 0 Å². The van der Waals surface area contributed by atoms with Crippen LogP contribution in [0.5, 0.6) is 0 Å². The van der Waals surface area contributed by atoms with E-state index in [0.717, 1.165) is 13.0 Å². The minimum absolute atomic E-state index is 0.707. The Hall–Kier alpha value is -0.870. The first kappa shape index (κ1) is 13.6. The normalized spacial score (nSPS) is 22.0. The molecule has 4 heteroatoms. The van der Waals surface area contributed by atoms with Gasteiger partial charge in [0, 0.05) is 19.3 Å². The van der Waals surface area contributed by atoms with E-state index in [1.807, 2.05) is 17.9 Å². The number of aryl methyl sites for hydroxylation is 1. The van der Waals surface area contributed by atoms with Crippen molar-refractivity contribution < 1.29 is 0 Å². The third-order valence-corrected chi connectivity index (χ3v) is 3.87. The SMILES string of the molecule is CCN1CCCC(NCCc2cnn(C)c2)CC1. The maximum absolute atomic E-state index is 4.20. The summed E-state index contributed by atoms with van der Waals surface area (Å²) in [4.78, 5) is 2.56. The molecule has 0 radical (unpaired) electrons. The van der Waals surface area contributed by atoms with Gasteiger partial charge in [-0.3, -0.25) is 4.68 Å². The van der Waals surface area contributed by atoms with Gasteiger partial charge in [0.15, 0.2) is 0 Å². The van der Waals surface area contributed by atoms with Gasteiger partial charge in [0.05, 0.1) is 6.20 Å². The molecule has 4 nitrogen and oxygen atoms in total. The van der Waals surface area contributed by atoms with E-state index in [-0.39, 0.29) is 0 Å². The third kappa shape index (κ3) is 4.10. The molecule has 1 aliphatic rings. The Morgan fingerprint density at radius 3 is 3.00 bits per heavy atom. The van der Waals surface area contributed by atoms with Gasteiger partial charge in [-0.2, -0.15) is 5.10 Å². The van der Waals surface area contributed by atoms with E-state index in [1.54, 1.807) is 0 Å². The Kier molecular flexibility index (Phi) is 5.20. The first-order chi connectivity index (χ1) is 8.78. The first-order valence-electron chi connectivity index (χ1n) is 7.21. The molecule has 0 aliphatic carbocycles. The Bertz CT molecular complexity index is 347. The van der Waals surface area contributed by atoms with E-state index in [4.69, 9.17) is 0 Å². The maximum atomic E-state index is 4.20. The molecule has 0 spiro atoms. The van der Waals surface area contributed by atoms with Crippen LogP contribution in [0.4, 0.5) is 0 Å². The molecular weight excluding hydrogens is 224 g/mol. The van der Waals surface area contributed by atoms with Gasteiger partial charge in [0.2, 0.25) is 0 Å². The lowest BCUT2D eigenvalue weighted by molar-refractivity contribution is 0.297. The summed E-state index contributed by atoms with van der Waals surface area (Å²) in [5.74, 6) is 0. The monoisotopic (exact) mass is 250 g/mol. The van der Waals surface area contributed by atoms with Crippen LogP contribution in [0.1, 0.15) is 31.7 Å². The summed E-state index contributed by atoms with van der Waals surface area (Å²) >= 11 is 0. The maximum Gasteiger partial charge on any atom is 0.0522 e. The van der Waals surface area contributed by atoms with E-state index in [0.29, 0.717) is 6.04 Å². The first-order valence-corrected chi connectivity index (χ1v) is 7.21. The highest BCUT2D eigenvalue weighted by Crippen LogP contribution is 2.10. The van der Waals surface area contributed by atoms with Crippen LogP contribution in [0.25, 0.3) is 0 Å². The second-order valence-corrected chi connectivity index (χ2v) is 5.29. The molecule has 1 atom stereocenters. The van der Waals surface area contributed by atoms with Crippen molar-refractivity contribution in [3.05, 3.63) is 18.0 Å². The van der Waals surface area contributed by atoms with Crippen LogP contribution in [0, 0.1) is 0 Å². The van der Waals surface area contributed by atoms with E-state index in [9.17, 15) is 0 Å². The summed E-state index contributed by atoms with van der Waals surface area (Å²) in [5, 5.41) is 7.90. The second kappa shape index (κ2) is 6.90. The van der Waals surface area contributed by atoms with Crippen LogP contribution in [0.3, 0.4) is 0 Å². The van der Waals surface area contributed by atoms with Crippen LogP contribution in [-0.2, 0) is 13.5 Å². The van der Waals surface area contributed by atoms with Crippen molar-refractivity contribution in [3.63, 3.8) is 0 Å². The molecule has 1 fully saturated rings. The van der Waals surface area contributed by atoms with Gasteiger partial charge in [0.25, 0.3) is 0 Å². The fourth-order valence-electron chi connectivity index (χ4n) is 2.70. The molecule has 0 bridgehead atoms. The van der Waals surface area contributed by atoms with Gasteiger partial charge < -0.3 is 10.2 Å². The minimum Gasteiger partial charge on any atom is -0.314 e. The highest BCUT2D eigenvalue weighted by molar-refractivity contribution is 5.03. The fraction of sp³-hybridized carbons (Fsp3) is 0.786. The molecular formula is C14H26N4.